The molecule has 6 heteroatoms. The fourth-order valence-electron chi connectivity index (χ4n) is 3.68. The highest BCUT2D eigenvalue weighted by Crippen LogP contribution is 2.24. The third-order valence-electron chi connectivity index (χ3n) is 5.12. The van der Waals surface area contributed by atoms with Crippen LogP contribution in [0.3, 0.4) is 0 Å². The molecule has 1 aliphatic rings. The minimum absolute atomic E-state index is 0.0613. The lowest BCUT2D eigenvalue weighted by Gasteiger charge is -2.33. The summed E-state index contributed by atoms with van der Waals surface area (Å²) in [7, 11) is 0. The zero-order valence-electron chi connectivity index (χ0n) is 15.2. The number of hydrogen-bond acceptors (Lipinski definition) is 3. The van der Waals surface area contributed by atoms with Gasteiger partial charge in [0.25, 0.3) is 5.91 Å². The molecule has 0 radical (unpaired) electrons. The molecule has 1 fully saturated rings. The van der Waals surface area contributed by atoms with E-state index in [1.54, 1.807) is 12.4 Å². The lowest BCUT2D eigenvalue weighted by atomic mass is 10.0. The van der Waals surface area contributed by atoms with Gasteiger partial charge < -0.3 is 9.47 Å². The van der Waals surface area contributed by atoms with Crippen LogP contribution in [-0.2, 0) is 0 Å². The molecule has 0 saturated carbocycles. The number of piperidine rings is 1. The molecule has 2 aromatic heterocycles. The number of amides is 1. The van der Waals surface area contributed by atoms with Gasteiger partial charge in [0.05, 0.1) is 35.5 Å². The summed E-state index contributed by atoms with van der Waals surface area (Å²) in [4.78, 5) is 19.2. The summed E-state index contributed by atoms with van der Waals surface area (Å²) in [5.74, 6) is 0.0613. The molecule has 4 rings (SSSR count). The van der Waals surface area contributed by atoms with E-state index in [1.165, 1.54) is 5.56 Å². The Morgan fingerprint density at radius 3 is 2.92 bits per heavy atom. The van der Waals surface area contributed by atoms with Gasteiger partial charge in [0.2, 0.25) is 0 Å². The van der Waals surface area contributed by atoms with E-state index in [1.807, 2.05) is 41.2 Å². The van der Waals surface area contributed by atoms with Crippen molar-refractivity contribution in [2.75, 3.05) is 13.1 Å². The third kappa shape index (κ3) is 3.03. The molecule has 1 saturated heterocycles. The summed E-state index contributed by atoms with van der Waals surface area (Å²) in [6.45, 7) is 5.52. The molecule has 1 amide bonds. The quantitative estimate of drug-likeness (QED) is 0.730. The van der Waals surface area contributed by atoms with Crippen molar-refractivity contribution >= 4 is 5.91 Å². The van der Waals surface area contributed by atoms with E-state index in [2.05, 4.69) is 33.7 Å². The van der Waals surface area contributed by atoms with Crippen molar-refractivity contribution in [1.29, 1.82) is 0 Å². The summed E-state index contributed by atoms with van der Waals surface area (Å²) in [6.07, 6.45) is 9.36. The highest BCUT2D eigenvalue weighted by atomic mass is 16.2. The van der Waals surface area contributed by atoms with Crippen LogP contribution in [0.1, 0.15) is 40.5 Å². The second-order valence-corrected chi connectivity index (χ2v) is 6.95. The zero-order chi connectivity index (χ0) is 18.1. The van der Waals surface area contributed by atoms with Gasteiger partial charge in [0, 0.05) is 25.5 Å². The maximum Gasteiger partial charge on any atom is 0.257 e. The van der Waals surface area contributed by atoms with Gasteiger partial charge in [0.1, 0.15) is 0 Å². The molecule has 0 unspecified atom stereocenters. The number of rotatable bonds is 3. The van der Waals surface area contributed by atoms with Crippen molar-refractivity contribution in [2.45, 2.75) is 32.7 Å². The first-order valence-electron chi connectivity index (χ1n) is 9.02. The molecule has 6 nitrogen and oxygen atoms in total. The Kier molecular flexibility index (Phi) is 4.32. The molecule has 1 aliphatic heterocycles. The molecule has 3 heterocycles. The molecule has 0 bridgehead atoms. The van der Waals surface area contributed by atoms with Crippen LogP contribution in [0.15, 0.2) is 49.2 Å². The number of hydrogen-bond donors (Lipinski definition) is 0. The topological polar surface area (TPSA) is 56.0 Å². The van der Waals surface area contributed by atoms with E-state index in [4.69, 9.17) is 0 Å². The molecule has 1 atom stereocenters. The summed E-state index contributed by atoms with van der Waals surface area (Å²) in [6, 6.07) is 8.44. The first kappa shape index (κ1) is 16.6. The van der Waals surface area contributed by atoms with Crippen LogP contribution in [0.25, 0.3) is 5.69 Å². The highest BCUT2D eigenvalue weighted by Gasteiger charge is 2.27. The van der Waals surface area contributed by atoms with Crippen molar-refractivity contribution in [3.8, 4) is 5.69 Å². The van der Waals surface area contributed by atoms with Crippen LogP contribution in [0.5, 0.6) is 0 Å². The first-order chi connectivity index (χ1) is 12.6. The van der Waals surface area contributed by atoms with Gasteiger partial charge in [-0.05, 0) is 44.4 Å². The average Bonchev–Trinajstić information content (AvgIpc) is 3.31. The number of imidazole rings is 1. The second kappa shape index (κ2) is 6.78. The zero-order valence-corrected chi connectivity index (χ0v) is 15.2. The van der Waals surface area contributed by atoms with Gasteiger partial charge in [0.15, 0.2) is 0 Å². The monoisotopic (exact) mass is 349 g/mol. The number of likely N-dealkylation sites (tertiary alicyclic amines) is 1. The number of aromatic nitrogens is 4. The predicted molar refractivity (Wildman–Crippen MR) is 99.4 cm³/mol. The van der Waals surface area contributed by atoms with Gasteiger partial charge in [-0.25, -0.2) is 9.67 Å². The standard InChI is InChI=1S/C20H23N5O/c1-15-5-3-6-17(11-15)25-16(2)19(12-22-25)20(26)23-9-4-7-18(13-23)24-10-8-21-14-24/h3,5-6,8,10-12,14,18H,4,7,9,13H2,1-2H3/t18-/m0/s1. The molecule has 3 aromatic rings. The Balaban J connectivity index is 1.57. The van der Waals surface area contributed by atoms with Crippen molar-refractivity contribution < 1.29 is 4.79 Å². The summed E-state index contributed by atoms with van der Waals surface area (Å²) >= 11 is 0. The Bertz CT molecular complexity index is 912. The maximum atomic E-state index is 13.1. The summed E-state index contributed by atoms with van der Waals surface area (Å²) in [5, 5.41) is 4.47. The van der Waals surface area contributed by atoms with Crippen LogP contribution in [0.4, 0.5) is 0 Å². The first-order valence-corrected chi connectivity index (χ1v) is 9.02. The Morgan fingerprint density at radius 2 is 2.15 bits per heavy atom. The molecule has 0 spiro atoms. The van der Waals surface area contributed by atoms with E-state index in [9.17, 15) is 4.79 Å². The minimum Gasteiger partial charge on any atom is -0.336 e. The van der Waals surface area contributed by atoms with E-state index in [-0.39, 0.29) is 5.91 Å². The largest absolute Gasteiger partial charge is 0.336 e. The van der Waals surface area contributed by atoms with Crippen molar-refractivity contribution in [2.24, 2.45) is 0 Å². The minimum atomic E-state index is 0.0613. The molecule has 1 aromatic carbocycles. The van der Waals surface area contributed by atoms with E-state index >= 15 is 0 Å². The fraction of sp³-hybridized carbons (Fsp3) is 0.350. The number of carbonyl (C=O) groups excluding carboxylic acids is 1. The van der Waals surface area contributed by atoms with Crippen LogP contribution in [-0.4, -0.2) is 43.2 Å². The van der Waals surface area contributed by atoms with Gasteiger partial charge in [-0.3, -0.25) is 4.79 Å². The van der Waals surface area contributed by atoms with Gasteiger partial charge in [-0.1, -0.05) is 12.1 Å². The second-order valence-electron chi connectivity index (χ2n) is 6.95. The van der Waals surface area contributed by atoms with E-state index in [0.717, 1.165) is 30.8 Å². The number of aryl methyl sites for hydroxylation is 1. The smallest absolute Gasteiger partial charge is 0.257 e. The molecule has 0 N–H and O–H groups in total. The van der Waals surface area contributed by atoms with Crippen LogP contribution >= 0.6 is 0 Å². The van der Waals surface area contributed by atoms with Crippen LogP contribution in [0.2, 0.25) is 0 Å². The predicted octanol–water partition coefficient (Wildman–Crippen LogP) is 3.16. The normalized spacial score (nSPS) is 17.5. The summed E-state index contributed by atoms with van der Waals surface area (Å²) < 4.78 is 3.94. The molecular formula is C20H23N5O. The van der Waals surface area contributed by atoms with Crippen molar-refractivity contribution in [3.63, 3.8) is 0 Å². The van der Waals surface area contributed by atoms with E-state index < -0.39 is 0 Å². The Hall–Kier alpha value is -2.89. The van der Waals surface area contributed by atoms with Crippen LogP contribution in [0, 0.1) is 13.8 Å². The van der Waals surface area contributed by atoms with Crippen molar-refractivity contribution in [1.82, 2.24) is 24.2 Å². The van der Waals surface area contributed by atoms with Gasteiger partial charge >= 0.3 is 0 Å². The van der Waals surface area contributed by atoms with Gasteiger partial charge in [-0.15, -0.1) is 0 Å². The maximum absolute atomic E-state index is 13.1. The van der Waals surface area contributed by atoms with Gasteiger partial charge in [-0.2, -0.15) is 5.10 Å². The Morgan fingerprint density at radius 1 is 1.27 bits per heavy atom. The van der Waals surface area contributed by atoms with Crippen LogP contribution < -0.4 is 0 Å². The number of nitrogens with zero attached hydrogens (tertiary/aromatic N) is 5. The highest BCUT2D eigenvalue weighted by molar-refractivity contribution is 5.95. The van der Waals surface area contributed by atoms with E-state index in [0.29, 0.717) is 18.2 Å². The lowest BCUT2D eigenvalue weighted by molar-refractivity contribution is 0.0678. The lowest BCUT2D eigenvalue weighted by Crippen LogP contribution is -2.40. The fourth-order valence-corrected chi connectivity index (χ4v) is 3.68. The average molecular weight is 349 g/mol. The van der Waals surface area contributed by atoms with Crippen molar-refractivity contribution in [3.05, 3.63) is 66.0 Å². The molecular weight excluding hydrogens is 326 g/mol. The number of benzene rings is 1. The molecule has 26 heavy (non-hydrogen) atoms. The summed E-state index contributed by atoms with van der Waals surface area (Å²) in [5.41, 5.74) is 3.71. The molecule has 0 aliphatic carbocycles. The third-order valence-corrected chi connectivity index (χ3v) is 5.12. The number of carbonyl (C=O) groups is 1. The Labute approximate surface area is 153 Å². The molecule has 134 valence electrons. The SMILES string of the molecule is Cc1cccc(-n2ncc(C(=O)N3CCC[C@H](n4ccnc4)C3)c2C)c1.